The molecular weight excluding hydrogens is 206 g/mol. The van der Waals surface area contributed by atoms with Crippen LogP contribution in [0.5, 0.6) is 0 Å². The Morgan fingerprint density at radius 2 is 1.87 bits per heavy atom. The second-order valence-corrected chi connectivity index (χ2v) is 5.30. The van der Waals surface area contributed by atoms with Crippen LogP contribution in [0.4, 0.5) is 0 Å². The zero-order valence-electron chi connectivity index (χ0n) is 9.39. The maximum absolute atomic E-state index is 5.89. The van der Waals surface area contributed by atoms with Crippen LogP contribution < -0.4 is 5.32 Å². The van der Waals surface area contributed by atoms with Crippen LogP contribution in [0, 0.1) is 5.92 Å². The maximum Gasteiger partial charge on any atom is 0.0436 e. The van der Waals surface area contributed by atoms with Crippen LogP contribution in [-0.2, 0) is 5.54 Å². The number of halogens is 1. The van der Waals surface area contributed by atoms with Gasteiger partial charge in [0.15, 0.2) is 0 Å². The summed E-state index contributed by atoms with van der Waals surface area (Å²) in [6.07, 6.45) is 2.50. The molecule has 0 saturated heterocycles. The molecule has 2 heteroatoms. The van der Waals surface area contributed by atoms with Crippen molar-refractivity contribution in [3.05, 3.63) is 34.9 Å². The molecule has 2 rings (SSSR count). The number of hydrogen-bond acceptors (Lipinski definition) is 1. The van der Waals surface area contributed by atoms with E-state index < -0.39 is 0 Å². The fourth-order valence-electron chi connectivity index (χ4n) is 1.86. The SMILES string of the molecule is CC(C)CNC1(c2ccc(Cl)cc2)CC1. The van der Waals surface area contributed by atoms with Crippen molar-refractivity contribution in [2.75, 3.05) is 6.54 Å². The molecule has 1 N–H and O–H groups in total. The van der Waals surface area contributed by atoms with E-state index in [1.54, 1.807) is 0 Å². The molecule has 0 aromatic heterocycles. The third kappa shape index (κ3) is 2.53. The Bertz CT molecular complexity index is 325. The first kappa shape index (κ1) is 11.0. The Labute approximate surface area is 96.8 Å². The van der Waals surface area contributed by atoms with Gasteiger partial charge in [-0.25, -0.2) is 0 Å². The summed E-state index contributed by atoms with van der Waals surface area (Å²) in [7, 11) is 0. The topological polar surface area (TPSA) is 12.0 Å². The zero-order chi connectivity index (χ0) is 10.9. The van der Waals surface area contributed by atoms with E-state index >= 15 is 0 Å². The third-order valence-corrected chi connectivity index (χ3v) is 3.25. The fraction of sp³-hybridized carbons (Fsp3) is 0.538. The van der Waals surface area contributed by atoms with Crippen molar-refractivity contribution in [2.45, 2.75) is 32.2 Å². The summed E-state index contributed by atoms with van der Waals surface area (Å²) in [5.74, 6) is 0.703. The summed E-state index contributed by atoms with van der Waals surface area (Å²) in [4.78, 5) is 0. The molecule has 1 aromatic rings. The van der Waals surface area contributed by atoms with E-state index in [0.717, 1.165) is 11.6 Å². The van der Waals surface area contributed by atoms with Crippen molar-refractivity contribution >= 4 is 11.6 Å². The summed E-state index contributed by atoms with van der Waals surface area (Å²) in [6, 6.07) is 8.24. The van der Waals surface area contributed by atoms with E-state index in [1.165, 1.54) is 18.4 Å². The Balaban J connectivity index is 2.06. The van der Waals surface area contributed by atoms with Crippen LogP contribution in [0.25, 0.3) is 0 Å². The number of benzene rings is 1. The first-order valence-electron chi connectivity index (χ1n) is 5.63. The highest BCUT2D eigenvalue weighted by molar-refractivity contribution is 6.30. The summed E-state index contributed by atoms with van der Waals surface area (Å²) >= 11 is 5.89. The molecule has 0 unspecified atom stereocenters. The molecule has 1 aliphatic carbocycles. The van der Waals surface area contributed by atoms with E-state index in [9.17, 15) is 0 Å². The minimum atomic E-state index is 0.259. The molecule has 0 atom stereocenters. The molecular formula is C13H18ClN. The number of hydrogen-bond donors (Lipinski definition) is 1. The van der Waals surface area contributed by atoms with E-state index in [1.807, 2.05) is 12.1 Å². The molecule has 82 valence electrons. The predicted molar refractivity (Wildman–Crippen MR) is 65.2 cm³/mol. The van der Waals surface area contributed by atoms with Gasteiger partial charge in [0.1, 0.15) is 0 Å². The van der Waals surface area contributed by atoms with Crippen molar-refractivity contribution < 1.29 is 0 Å². The molecule has 0 heterocycles. The Kier molecular flexibility index (Phi) is 3.03. The Morgan fingerprint density at radius 3 is 2.33 bits per heavy atom. The number of rotatable bonds is 4. The van der Waals surface area contributed by atoms with Gasteiger partial charge in [0.2, 0.25) is 0 Å². The van der Waals surface area contributed by atoms with Crippen molar-refractivity contribution in [3.63, 3.8) is 0 Å². The molecule has 0 radical (unpaired) electrons. The van der Waals surface area contributed by atoms with Crippen LogP contribution in [-0.4, -0.2) is 6.54 Å². The normalized spacial score (nSPS) is 18.1. The fourth-order valence-corrected chi connectivity index (χ4v) is 1.99. The van der Waals surface area contributed by atoms with Gasteiger partial charge in [-0.3, -0.25) is 0 Å². The van der Waals surface area contributed by atoms with Gasteiger partial charge in [-0.15, -0.1) is 0 Å². The highest BCUT2D eigenvalue weighted by Crippen LogP contribution is 2.45. The monoisotopic (exact) mass is 223 g/mol. The predicted octanol–water partition coefficient (Wildman–Crippen LogP) is 3.57. The van der Waals surface area contributed by atoms with Gasteiger partial charge in [0.25, 0.3) is 0 Å². The maximum atomic E-state index is 5.89. The minimum Gasteiger partial charge on any atom is -0.307 e. The van der Waals surface area contributed by atoms with E-state index in [4.69, 9.17) is 11.6 Å². The number of nitrogens with one attached hydrogen (secondary N) is 1. The standard InChI is InChI=1S/C13H18ClN/c1-10(2)9-15-13(7-8-13)11-3-5-12(14)6-4-11/h3-6,10,15H,7-9H2,1-2H3. The third-order valence-electron chi connectivity index (χ3n) is 3.00. The molecule has 0 amide bonds. The summed E-state index contributed by atoms with van der Waals surface area (Å²) in [5, 5.41) is 4.48. The van der Waals surface area contributed by atoms with Crippen LogP contribution >= 0.6 is 11.6 Å². The first-order valence-corrected chi connectivity index (χ1v) is 6.01. The first-order chi connectivity index (χ1) is 7.12. The molecule has 1 fully saturated rings. The molecule has 1 saturated carbocycles. The van der Waals surface area contributed by atoms with Crippen LogP contribution in [0.15, 0.2) is 24.3 Å². The van der Waals surface area contributed by atoms with Gasteiger partial charge in [0, 0.05) is 10.6 Å². The molecule has 0 spiro atoms. The van der Waals surface area contributed by atoms with Crippen LogP contribution in [0.3, 0.4) is 0 Å². The van der Waals surface area contributed by atoms with Crippen LogP contribution in [0.2, 0.25) is 5.02 Å². The lowest BCUT2D eigenvalue weighted by atomic mass is 10.0. The smallest absolute Gasteiger partial charge is 0.0436 e. The van der Waals surface area contributed by atoms with Crippen molar-refractivity contribution in [1.82, 2.24) is 5.32 Å². The van der Waals surface area contributed by atoms with Crippen LogP contribution in [0.1, 0.15) is 32.3 Å². The average molecular weight is 224 g/mol. The molecule has 1 aliphatic rings. The molecule has 1 nitrogen and oxygen atoms in total. The van der Waals surface area contributed by atoms with Crippen molar-refractivity contribution in [3.8, 4) is 0 Å². The van der Waals surface area contributed by atoms with Gasteiger partial charge >= 0.3 is 0 Å². The van der Waals surface area contributed by atoms with Crippen molar-refractivity contribution in [2.24, 2.45) is 5.92 Å². The van der Waals surface area contributed by atoms with E-state index in [-0.39, 0.29) is 5.54 Å². The van der Waals surface area contributed by atoms with Gasteiger partial charge in [-0.1, -0.05) is 37.6 Å². The molecule has 0 bridgehead atoms. The highest BCUT2D eigenvalue weighted by Gasteiger charge is 2.43. The lowest BCUT2D eigenvalue weighted by Crippen LogP contribution is -2.31. The average Bonchev–Trinajstić information content (AvgIpc) is 2.97. The largest absolute Gasteiger partial charge is 0.307 e. The molecule has 1 aromatic carbocycles. The summed E-state index contributed by atoms with van der Waals surface area (Å²) < 4.78 is 0. The Hall–Kier alpha value is -0.530. The summed E-state index contributed by atoms with van der Waals surface area (Å²) in [6.45, 7) is 5.57. The van der Waals surface area contributed by atoms with Crippen molar-refractivity contribution in [1.29, 1.82) is 0 Å². The molecule has 0 aliphatic heterocycles. The minimum absolute atomic E-state index is 0.259. The van der Waals surface area contributed by atoms with E-state index in [0.29, 0.717) is 5.92 Å². The van der Waals surface area contributed by atoms with Gasteiger partial charge < -0.3 is 5.32 Å². The molecule has 15 heavy (non-hydrogen) atoms. The highest BCUT2D eigenvalue weighted by atomic mass is 35.5. The summed E-state index contributed by atoms with van der Waals surface area (Å²) in [5.41, 5.74) is 1.64. The van der Waals surface area contributed by atoms with E-state index in [2.05, 4.69) is 31.3 Å². The lowest BCUT2D eigenvalue weighted by Gasteiger charge is -2.19. The Morgan fingerprint density at radius 1 is 1.27 bits per heavy atom. The van der Waals surface area contributed by atoms with Gasteiger partial charge in [-0.05, 0) is 43.0 Å². The second-order valence-electron chi connectivity index (χ2n) is 4.86. The zero-order valence-corrected chi connectivity index (χ0v) is 10.1. The van der Waals surface area contributed by atoms with Gasteiger partial charge in [-0.2, -0.15) is 0 Å². The van der Waals surface area contributed by atoms with Gasteiger partial charge in [0.05, 0.1) is 0 Å². The lowest BCUT2D eigenvalue weighted by molar-refractivity contribution is 0.460. The quantitative estimate of drug-likeness (QED) is 0.823. The second kappa shape index (κ2) is 4.15.